The van der Waals surface area contributed by atoms with Crippen LogP contribution >= 0.6 is 0 Å². The van der Waals surface area contributed by atoms with Crippen molar-refractivity contribution in [3.05, 3.63) is 17.6 Å². The molecule has 0 bridgehead atoms. The van der Waals surface area contributed by atoms with E-state index in [1.54, 1.807) is 18.1 Å². The number of nitrogens with zero attached hydrogens (tertiary/aromatic N) is 5. The van der Waals surface area contributed by atoms with E-state index in [1.165, 1.54) is 5.01 Å². The standard InChI is InChI=1S/C15H23N5O2/c1-10(2)8-19(20(15(21)22)9-11(3)4)14-12(5)7-17-13(6-16)18-14/h7,10-11H,8-9H2,1-5H3,(H,21,22). The average molecular weight is 305 g/mol. The van der Waals surface area contributed by atoms with Crippen molar-refractivity contribution in [3.63, 3.8) is 0 Å². The van der Waals surface area contributed by atoms with Crippen LogP contribution in [0.5, 0.6) is 0 Å². The van der Waals surface area contributed by atoms with E-state index >= 15 is 0 Å². The van der Waals surface area contributed by atoms with Crippen molar-refractivity contribution in [2.75, 3.05) is 18.1 Å². The molecule has 22 heavy (non-hydrogen) atoms. The first-order valence-electron chi connectivity index (χ1n) is 7.27. The van der Waals surface area contributed by atoms with E-state index < -0.39 is 6.09 Å². The van der Waals surface area contributed by atoms with E-state index in [1.807, 2.05) is 33.8 Å². The minimum atomic E-state index is -1.04. The van der Waals surface area contributed by atoms with Gasteiger partial charge in [-0.05, 0) is 18.8 Å². The van der Waals surface area contributed by atoms with Gasteiger partial charge in [0.25, 0.3) is 0 Å². The Morgan fingerprint density at radius 2 is 1.91 bits per heavy atom. The number of rotatable bonds is 6. The van der Waals surface area contributed by atoms with Gasteiger partial charge in [-0.2, -0.15) is 10.2 Å². The highest BCUT2D eigenvalue weighted by molar-refractivity contribution is 5.68. The normalized spacial score (nSPS) is 10.6. The molecule has 0 aliphatic rings. The molecule has 0 unspecified atom stereocenters. The largest absolute Gasteiger partial charge is 0.464 e. The van der Waals surface area contributed by atoms with Crippen LogP contribution in [0.2, 0.25) is 0 Å². The Hall–Kier alpha value is -2.36. The maximum absolute atomic E-state index is 11.7. The molecule has 0 saturated carbocycles. The first-order chi connectivity index (χ1) is 10.3. The van der Waals surface area contributed by atoms with E-state index in [0.29, 0.717) is 18.9 Å². The number of nitriles is 1. The third-order valence-electron chi connectivity index (χ3n) is 2.88. The topological polar surface area (TPSA) is 93.4 Å². The van der Waals surface area contributed by atoms with Crippen LogP contribution in [-0.2, 0) is 0 Å². The fraction of sp³-hybridized carbons (Fsp3) is 0.600. The van der Waals surface area contributed by atoms with Gasteiger partial charge in [-0.15, -0.1) is 0 Å². The monoisotopic (exact) mass is 305 g/mol. The number of amides is 1. The predicted molar refractivity (Wildman–Crippen MR) is 83.2 cm³/mol. The number of anilines is 1. The molecule has 1 amide bonds. The van der Waals surface area contributed by atoms with Crippen molar-refractivity contribution in [2.45, 2.75) is 34.6 Å². The lowest BCUT2D eigenvalue weighted by molar-refractivity contribution is 0.130. The lowest BCUT2D eigenvalue weighted by Crippen LogP contribution is -2.50. The zero-order valence-electron chi connectivity index (χ0n) is 13.7. The molecule has 1 N–H and O–H groups in total. The Kier molecular flexibility index (Phi) is 6.11. The lowest BCUT2D eigenvalue weighted by Gasteiger charge is -2.36. The molecule has 7 heteroatoms. The van der Waals surface area contributed by atoms with Crippen LogP contribution in [0, 0.1) is 30.1 Å². The van der Waals surface area contributed by atoms with Gasteiger partial charge in [0, 0.05) is 24.8 Å². The van der Waals surface area contributed by atoms with Gasteiger partial charge in [-0.25, -0.2) is 14.8 Å². The molecule has 1 rings (SSSR count). The lowest BCUT2D eigenvalue weighted by atomic mass is 10.2. The Morgan fingerprint density at radius 3 is 2.36 bits per heavy atom. The van der Waals surface area contributed by atoms with Crippen LogP contribution in [0.3, 0.4) is 0 Å². The van der Waals surface area contributed by atoms with Gasteiger partial charge < -0.3 is 5.11 Å². The molecule has 0 saturated heterocycles. The second-order valence-electron chi connectivity index (χ2n) is 6.05. The molecular weight excluding hydrogens is 282 g/mol. The smallest absolute Gasteiger partial charge is 0.426 e. The average Bonchev–Trinajstić information content (AvgIpc) is 2.42. The Bertz CT molecular complexity index is 566. The maximum Gasteiger partial charge on any atom is 0.426 e. The second-order valence-corrected chi connectivity index (χ2v) is 6.05. The molecule has 0 atom stereocenters. The highest BCUT2D eigenvalue weighted by Gasteiger charge is 2.25. The third kappa shape index (κ3) is 4.58. The summed E-state index contributed by atoms with van der Waals surface area (Å²) in [5, 5.41) is 21.4. The molecule has 0 fully saturated rings. The van der Waals surface area contributed by atoms with Gasteiger partial charge >= 0.3 is 6.09 Å². The van der Waals surface area contributed by atoms with Crippen molar-refractivity contribution >= 4 is 11.9 Å². The highest BCUT2D eigenvalue weighted by atomic mass is 16.4. The van der Waals surface area contributed by atoms with Gasteiger partial charge in [0.1, 0.15) is 6.07 Å². The molecule has 120 valence electrons. The highest BCUT2D eigenvalue weighted by Crippen LogP contribution is 2.21. The van der Waals surface area contributed by atoms with Gasteiger partial charge in [0.05, 0.1) is 0 Å². The summed E-state index contributed by atoms with van der Waals surface area (Å²) in [6.07, 6.45) is 0.509. The fourth-order valence-corrected chi connectivity index (χ4v) is 2.02. The van der Waals surface area contributed by atoms with Crippen LogP contribution in [0.15, 0.2) is 6.20 Å². The summed E-state index contributed by atoms with van der Waals surface area (Å²) in [5.74, 6) is 0.893. The number of hydrazine groups is 1. The Balaban J connectivity index is 3.32. The molecular formula is C15H23N5O2. The van der Waals surface area contributed by atoms with Gasteiger partial charge in [-0.1, -0.05) is 27.7 Å². The number of aryl methyl sites for hydroxylation is 1. The van der Waals surface area contributed by atoms with Crippen molar-refractivity contribution in [1.29, 1.82) is 5.26 Å². The number of carboxylic acid groups (broad SMARTS) is 1. The molecule has 0 aliphatic heterocycles. The SMILES string of the molecule is Cc1cnc(C#N)nc1N(CC(C)C)N(CC(C)C)C(=O)O. The molecule has 1 heterocycles. The Labute approximate surface area is 131 Å². The Morgan fingerprint density at radius 1 is 1.32 bits per heavy atom. The van der Waals surface area contributed by atoms with E-state index in [0.717, 1.165) is 5.56 Å². The van der Waals surface area contributed by atoms with Crippen LogP contribution in [-0.4, -0.2) is 39.3 Å². The van der Waals surface area contributed by atoms with Crippen LogP contribution < -0.4 is 5.01 Å². The predicted octanol–water partition coefficient (Wildman–Crippen LogP) is 2.67. The summed E-state index contributed by atoms with van der Waals surface area (Å²) >= 11 is 0. The van der Waals surface area contributed by atoms with E-state index in [-0.39, 0.29) is 17.7 Å². The molecule has 0 aromatic carbocycles. The molecule has 1 aromatic rings. The summed E-state index contributed by atoms with van der Waals surface area (Å²) in [5.41, 5.74) is 0.731. The summed E-state index contributed by atoms with van der Waals surface area (Å²) in [4.78, 5) is 19.8. The van der Waals surface area contributed by atoms with Crippen molar-refractivity contribution in [2.24, 2.45) is 11.8 Å². The van der Waals surface area contributed by atoms with E-state index in [2.05, 4.69) is 9.97 Å². The maximum atomic E-state index is 11.7. The van der Waals surface area contributed by atoms with Crippen LogP contribution in [0.25, 0.3) is 0 Å². The minimum absolute atomic E-state index is 0.0317. The van der Waals surface area contributed by atoms with Crippen LogP contribution in [0.4, 0.5) is 10.6 Å². The molecule has 0 radical (unpaired) electrons. The molecule has 7 nitrogen and oxygen atoms in total. The zero-order chi connectivity index (χ0) is 16.9. The minimum Gasteiger partial charge on any atom is -0.464 e. The first kappa shape index (κ1) is 17.7. The number of hydrogen-bond acceptors (Lipinski definition) is 5. The summed E-state index contributed by atoms with van der Waals surface area (Å²) in [6.45, 7) is 10.6. The number of carbonyl (C=O) groups is 1. The third-order valence-corrected chi connectivity index (χ3v) is 2.88. The summed E-state index contributed by atoms with van der Waals surface area (Å²) in [6, 6.07) is 1.90. The van der Waals surface area contributed by atoms with Gasteiger partial charge in [0.15, 0.2) is 5.82 Å². The molecule has 0 spiro atoms. The van der Waals surface area contributed by atoms with Gasteiger partial charge in [-0.3, -0.25) is 5.01 Å². The zero-order valence-corrected chi connectivity index (χ0v) is 13.7. The second kappa shape index (κ2) is 7.59. The summed E-state index contributed by atoms with van der Waals surface area (Å²) in [7, 11) is 0. The quantitative estimate of drug-likeness (QED) is 0.812. The van der Waals surface area contributed by atoms with Crippen LogP contribution in [0.1, 0.15) is 39.1 Å². The van der Waals surface area contributed by atoms with Crippen molar-refractivity contribution in [3.8, 4) is 6.07 Å². The fourth-order valence-electron chi connectivity index (χ4n) is 2.02. The molecule has 0 aliphatic carbocycles. The number of hydrogen-bond donors (Lipinski definition) is 1. The summed E-state index contributed by atoms with van der Waals surface area (Å²) < 4.78 is 0. The van der Waals surface area contributed by atoms with Gasteiger partial charge in [0.2, 0.25) is 5.82 Å². The van der Waals surface area contributed by atoms with E-state index in [9.17, 15) is 9.90 Å². The number of aromatic nitrogens is 2. The van der Waals surface area contributed by atoms with E-state index in [4.69, 9.17) is 5.26 Å². The first-order valence-corrected chi connectivity index (χ1v) is 7.27. The van der Waals surface area contributed by atoms with Crippen molar-refractivity contribution < 1.29 is 9.90 Å². The molecule has 1 aromatic heterocycles. The van der Waals surface area contributed by atoms with Crippen molar-refractivity contribution in [1.82, 2.24) is 15.0 Å².